The molecule has 0 spiro atoms. The van der Waals surface area contributed by atoms with Crippen LogP contribution in [-0.2, 0) is 6.61 Å². The zero-order valence-electron chi connectivity index (χ0n) is 18.6. The highest BCUT2D eigenvalue weighted by atomic mass is 32.1. The van der Waals surface area contributed by atoms with Crippen molar-refractivity contribution in [3.63, 3.8) is 0 Å². The van der Waals surface area contributed by atoms with Gasteiger partial charge in [-0.25, -0.2) is 0 Å². The molecule has 1 heterocycles. The van der Waals surface area contributed by atoms with Crippen LogP contribution in [-0.4, -0.2) is 26.0 Å². The van der Waals surface area contributed by atoms with E-state index in [-0.39, 0.29) is 11.0 Å². The summed E-state index contributed by atoms with van der Waals surface area (Å²) in [5.41, 5.74) is 4.52. The van der Waals surface area contributed by atoms with E-state index < -0.39 is 0 Å². The molecule has 0 unspecified atom stereocenters. The SMILES string of the molecule is O=C(NC(=S)Nc1ccc2nn(-c3ccccc3)nc2c1)c1cccc(OCc2ccccc2)c1. The molecule has 0 aliphatic rings. The molecule has 7 nitrogen and oxygen atoms in total. The number of hydrogen-bond acceptors (Lipinski definition) is 5. The maximum absolute atomic E-state index is 12.7. The van der Waals surface area contributed by atoms with Gasteiger partial charge in [-0.15, -0.1) is 10.2 Å². The van der Waals surface area contributed by atoms with Gasteiger partial charge in [-0.2, -0.15) is 4.80 Å². The number of ether oxygens (including phenoxy) is 1. The lowest BCUT2D eigenvalue weighted by Gasteiger charge is -2.11. The van der Waals surface area contributed by atoms with Gasteiger partial charge >= 0.3 is 0 Å². The molecule has 0 saturated heterocycles. The van der Waals surface area contributed by atoms with Crippen molar-refractivity contribution >= 4 is 40.0 Å². The maximum atomic E-state index is 12.7. The number of fused-ring (bicyclic) bond motifs is 1. The molecule has 0 saturated carbocycles. The number of anilines is 1. The number of carbonyl (C=O) groups excluding carboxylic acids is 1. The summed E-state index contributed by atoms with van der Waals surface area (Å²) < 4.78 is 5.82. The van der Waals surface area contributed by atoms with Gasteiger partial charge < -0.3 is 10.1 Å². The highest BCUT2D eigenvalue weighted by molar-refractivity contribution is 7.80. The summed E-state index contributed by atoms with van der Waals surface area (Å²) in [6, 6.07) is 32.0. The first-order chi connectivity index (χ1) is 17.1. The van der Waals surface area contributed by atoms with Crippen molar-refractivity contribution in [2.75, 3.05) is 5.32 Å². The number of hydrogen-bond donors (Lipinski definition) is 2. The van der Waals surface area contributed by atoms with E-state index in [1.54, 1.807) is 23.0 Å². The van der Waals surface area contributed by atoms with E-state index in [1.807, 2.05) is 84.9 Å². The summed E-state index contributed by atoms with van der Waals surface area (Å²) in [4.78, 5) is 14.3. The van der Waals surface area contributed by atoms with Crippen LogP contribution in [0, 0.1) is 0 Å². The molecule has 1 aromatic heterocycles. The largest absolute Gasteiger partial charge is 0.489 e. The Bertz CT molecular complexity index is 1490. The van der Waals surface area contributed by atoms with Crippen LogP contribution in [0.2, 0.25) is 0 Å². The van der Waals surface area contributed by atoms with Gasteiger partial charge in [0, 0.05) is 11.3 Å². The van der Waals surface area contributed by atoms with Crippen LogP contribution in [0.1, 0.15) is 15.9 Å². The molecule has 172 valence electrons. The van der Waals surface area contributed by atoms with E-state index in [1.165, 1.54) is 0 Å². The molecule has 2 N–H and O–H groups in total. The Kier molecular flexibility index (Phi) is 6.45. The van der Waals surface area contributed by atoms with Gasteiger partial charge in [0.15, 0.2) is 5.11 Å². The number of carbonyl (C=O) groups is 1. The fraction of sp³-hybridized carbons (Fsp3) is 0.0370. The number of nitrogens with zero attached hydrogens (tertiary/aromatic N) is 3. The first-order valence-corrected chi connectivity index (χ1v) is 11.4. The summed E-state index contributed by atoms with van der Waals surface area (Å²) >= 11 is 5.35. The third kappa shape index (κ3) is 5.51. The second-order valence-electron chi connectivity index (χ2n) is 7.74. The Labute approximate surface area is 207 Å². The maximum Gasteiger partial charge on any atom is 0.257 e. The van der Waals surface area contributed by atoms with Crippen LogP contribution in [0.4, 0.5) is 5.69 Å². The average Bonchev–Trinajstić information content (AvgIpc) is 3.32. The summed E-state index contributed by atoms with van der Waals surface area (Å²) in [6.07, 6.45) is 0. The third-order valence-corrected chi connectivity index (χ3v) is 5.40. The molecule has 0 radical (unpaired) electrons. The molecule has 4 aromatic carbocycles. The lowest BCUT2D eigenvalue weighted by Crippen LogP contribution is -2.34. The first-order valence-electron chi connectivity index (χ1n) is 11.0. The fourth-order valence-electron chi connectivity index (χ4n) is 3.47. The van der Waals surface area contributed by atoms with Crippen molar-refractivity contribution < 1.29 is 9.53 Å². The molecule has 5 rings (SSSR count). The minimum atomic E-state index is -0.330. The molecule has 5 aromatic rings. The van der Waals surface area contributed by atoms with E-state index in [9.17, 15) is 4.79 Å². The number of nitrogens with one attached hydrogen (secondary N) is 2. The second kappa shape index (κ2) is 10.1. The minimum Gasteiger partial charge on any atom is -0.489 e. The predicted octanol–water partition coefficient (Wildman–Crippen LogP) is 5.13. The van der Waals surface area contributed by atoms with E-state index >= 15 is 0 Å². The molecule has 0 atom stereocenters. The quantitative estimate of drug-likeness (QED) is 0.329. The minimum absolute atomic E-state index is 0.181. The van der Waals surface area contributed by atoms with Crippen LogP contribution in [0.5, 0.6) is 5.75 Å². The van der Waals surface area contributed by atoms with Crippen molar-refractivity contribution in [2.45, 2.75) is 6.61 Å². The summed E-state index contributed by atoms with van der Waals surface area (Å²) in [5, 5.41) is 15.0. The van der Waals surface area contributed by atoms with Crippen molar-refractivity contribution in [3.05, 3.63) is 114 Å². The van der Waals surface area contributed by atoms with E-state index in [0.29, 0.717) is 29.1 Å². The second-order valence-corrected chi connectivity index (χ2v) is 8.15. The number of rotatable bonds is 6. The van der Waals surface area contributed by atoms with Crippen molar-refractivity contribution in [3.8, 4) is 11.4 Å². The van der Waals surface area contributed by atoms with Gasteiger partial charge in [0.05, 0.1) is 5.69 Å². The van der Waals surface area contributed by atoms with E-state index in [2.05, 4.69) is 20.8 Å². The van der Waals surface area contributed by atoms with Gasteiger partial charge in [0.1, 0.15) is 23.4 Å². The Hall–Kier alpha value is -4.56. The number of thiocarbonyl (C=S) groups is 1. The molecule has 0 bridgehead atoms. The van der Waals surface area contributed by atoms with Gasteiger partial charge in [-0.1, -0.05) is 54.6 Å². The molecular weight excluding hydrogens is 458 g/mol. The number of amides is 1. The monoisotopic (exact) mass is 479 g/mol. The molecule has 0 aliphatic carbocycles. The van der Waals surface area contributed by atoms with Crippen molar-refractivity contribution in [1.29, 1.82) is 0 Å². The molecular formula is C27H21N5O2S. The van der Waals surface area contributed by atoms with Crippen LogP contribution in [0.25, 0.3) is 16.7 Å². The third-order valence-electron chi connectivity index (χ3n) is 5.20. The molecule has 0 fully saturated rings. The van der Waals surface area contributed by atoms with Gasteiger partial charge in [0.25, 0.3) is 5.91 Å². The standard InChI is InChI=1S/C27H21N5O2S/c33-26(20-10-7-13-23(16-20)34-18-19-8-3-1-4-9-19)29-27(35)28-21-14-15-24-25(17-21)31-32(30-24)22-11-5-2-6-12-22/h1-17H,18H2,(H2,28,29,33,35). The zero-order chi connectivity index (χ0) is 24.0. The lowest BCUT2D eigenvalue weighted by molar-refractivity contribution is 0.0977. The van der Waals surface area contributed by atoms with Gasteiger partial charge in [-0.3, -0.25) is 10.1 Å². The Morgan fingerprint density at radius 3 is 2.37 bits per heavy atom. The molecule has 8 heteroatoms. The average molecular weight is 480 g/mol. The van der Waals surface area contributed by atoms with Crippen LogP contribution in [0.3, 0.4) is 0 Å². The predicted molar refractivity (Wildman–Crippen MR) is 140 cm³/mol. The Morgan fingerprint density at radius 1 is 0.829 bits per heavy atom. The van der Waals surface area contributed by atoms with Crippen molar-refractivity contribution in [2.24, 2.45) is 0 Å². The normalized spacial score (nSPS) is 10.6. The van der Waals surface area contributed by atoms with E-state index in [0.717, 1.165) is 16.8 Å². The highest BCUT2D eigenvalue weighted by Gasteiger charge is 2.11. The van der Waals surface area contributed by atoms with Crippen molar-refractivity contribution in [1.82, 2.24) is 20.3 Å². The first kappa shape index (κ1) is 22.2. The smallest absolute Gasteiger partial charge is 0.257 e. The zero-order valence-corrected chi connectivity index (χ0v) is 19.4. The molecule has 1 amide bonds. The fourth-order valence-corrected chi connectivity index (χ4v) is 3.69. The Morgan fingerprint density at radius 2 is 1.57 bits per heavy atom. The van der Waals surface area contributed by atoms with E-state index in [4.69, 9.17) is 17.0 Å². The molecule has 35 heavy (non-hydrogen) atoms. The number of para-hydroxylation sites is 1. The summed E-state index contributed by atoms with van der Waals surface area (Å²) in [5.74, 6) is 0.274. The highest BCUT2D eigenvalue weighted by Crippen LogP contribution is 2.18. The topological polar surface area (TPSA) is 81.1 Å². The van der Waals surface area contributed by atoms with Crippen LogP contribution in [0.15, 0.2) is 103 Å². The molecule has 0 aliphatic heterocycles. The number of aromatic nitrogens is 3. The lowest BCUT2D eigenvalue weighted by atomic mass is 10.2. The number of benzene rings is 4. The summed E-state index contributed by atoms with van der Waals surface area (Å²) in [7, 11) is 0. The van der Waals surface area contributed by atoms with Gasteiger partial charge in [0.2, 0.25) is 0 Å². The van der Waals surface area contributed by atoms with Crippen LogP contribution < -0.4 is 15.4 Å². The Balaban J connectivity index is 1.21. The summed E-state index contributed by atoms with van der Waals surface area (Å²) in [6.45, 7) is 0.420. The van der Waals surface area contributed by atoms with Crippen LogP contribution >= 0.6 is 12.2 Å². The van der Waals surface area contributed by atoms with Gasteiger partial charge in [-0.05, 0) is 66.3 Å².